The summed E-state index contributed by atoms with van der Waals surface area (Å²) in [6.07, 6.45) is 1.39. The molecule has 2 aromatic heterocycles. The zero-order chi connectivity index (χ0) is 21.8. The zero-order valence-corrected chi connectivity index (χ0v) is 17.3. The molecule has 30 heavy (non-hydrogen) atoms. The number of aryl methyl sites for hydroxylation is 2. The highest BCUT2D eigenvalue weighted by atomic mass is 16.6. The first-order valence-electron chi connectivity index (χ1n) is 9.23. The van der Waals surface area contributed by atoms with Crippen molar-refractivity contribution in [3.05, 3.63) is 53.2 Å². The van der Waals surface area contributed by atoms with Crippen molar-refractivity contribution in [1.82, 2.24) is 20.4 Å². The third-order valence-corrected chi connectivity index (χ3v) is 4.19. The fourth-order valence-electron chi connectivity index (χ4n) is 2.95. The first kappa shape index (κ1) is 21.0. The number of nitrogens with one attached hydrogen (secondary N) is 1. The molecule has 0 saturated carbocycles. The molecule has 0 aliphatic rings. The first-order chi connectivity index (χ1) is 14.3. The Morgan fingerprint density at radius 3 is 2.50 bits per heavy atom. The molecule has 0 radical (unpaired) electrons. The van der Waals surface area contributed by atoms with Crippen LogP contribution in [0.5, 0.6) is 11.5 Å². The molecule has 0 spiro atoms. The van der Waals surface area contributed by atoms with Crippen LogP contribution < -0.4 is 14.8 Å². The van der Waals surface area contributed by atoms with Gasteiger partial charge in [0, 0.05) is 24.8 Å². The van der Waals surface area contributed by atoms with E-state index < -0.39 is 17.9 Å². The van der Waals surface area contributed by atoms with Gasteiger partial charge in [-0.2, -0.15) is 4.98 Å². The van der Waals surface area contributed by atoms with Gasteiger partial charge in [0.05, 0.1) is 7.11 Å². The second-order valence-electron chi connectivity index (χ2n) is 6.81. The predicted molar refractivity (Wildman–Crippen MR) is 107 cm³/mol. The molecule has 0 bridgehead atoms. The fraction of sp³-hybridized carbons (Fsp3) is 0.286. The molecular weight excluding hydrogens is 388 g/mol. The minimum Gasteiger partial charge on any atom is -0.493 e. The number of pyridine rings is 1. The Balaban J connectivity index is 1.82. The van der Waals surface area contributed by atoms with E-state index in [4.69, 9.17) is 14.0 Å². The topological polar surface area (TPSA) is 116 Å². The Morgan fingerprint density at radius 1 is 1.17 bits per heavy atom. The largest absolute Gasteiger partial charge is 0.493 e. The molecule has 9 heteroatoms. The Bertz CT molecular complexity index is 1070. The summed E-state index contributed by atoms with van der Waals surface area (Å²) >= 11 is 0. The summed E-state index contributed by atoms with van der Waals surface area (Å²) in [5, 5.41) is 6.73. The lowest BCUT2D eigenvalue weighted by molar-refractivity contribution is -0.132. The molecule has 0 unspecified atom stereocenters. The third-order valence-electron chi connectivity index (χ3n) is 4.19. The van der Waals surface area contributed by atoms with Crippen LogP contribution in [-0.2, 0) is 4.79 Å². The lowest BCUT2D eigenvalue weighted by atomic mass is 10.1. The van der Waals surface area contributed by atoms with Crippen molar-refractivity contribution in [2.45, 2.75) is 33.7 Å². The Hall–Kier alpha value is -3.75. The van der Waals surface area contributed by atoms with Crippen molar-refractivity contribution in [3.63, 3.8) is 0 Å². The van der Waals surface area contributed by atoms with E-state index in [2.05, 4.69) is 26.5 Å². The van der Waals surface area contributed by atoms with Gasteiger partial charge in [-0.1, -0.05) is 22.3 Å². The van der Waals surface area contributed by atoms with Gasteiger partial charge in [0.15, 0.2) is 11.4 Å². The van der Waals surface area contributed by atoms with Crippen LogP contribution in [0, 0.1) is 13.8 Å². The third kappa shape index (κ3) is 4.62. The van der Waals surface area contributed by atoms with Gasteiger partial charge >= 0.3 is 5.97 Å². The van der Waals surface area contributed by atoms with Crippen molar-refractivity contribution in [2.24, 2.45) is 0 Å². The van der Waals surface area contributed by atoms with Crippen LogP contribution in [0.3, 0.4) is 0 Å². The molecule has 0 aliphatic heterocycles. The maximum absolute atomic E-state index is 12.8. The molecule has 0 saturated heterocycles. The van der Waals surface area contributed by atoms with Gasteiger partial charge in [0.25, 0.3) is 5.91 Å². The Labute approximate surface area is 173 Å². The summed E-state index contributed by atoms with van der Waals surface area (Å²) in [5.74, 6) is -0.360. The monoisotopic (exact) mass is 410 g/mol. The molecule has 3 aromatic rings. The molecule has 156 valence electrons. The SMILES string of the molecule is COc1ccnc(C(=O)N[C@@H](C)c2nc(-c3cc(C)cc(C)c3)no2)c1OC(C)=O. The van der Waals surface area contributed by atoms with E-state index in [9.17, 15) is 9.59 Å². The van der Waals surface area contributed by atoms with Crippen LogP contribution in [0.4, 0.5) is 0 Å². The quantitative estimate of drug-likeness (QED) is 0.616. The predicted octanol–water partition coefficient (Wildman–Crippen LogP) is 3.17. The fourth-order valence-corrected chi connectivity index (χ4v) is 2.95. The highest BCUT2D eigenvalue weighted by Gasteiger charge is 2.24. The maximum atomic E-state index is 12.8. The number of esters is 1. The number of methoxy groups -OCH3 is 1. The zero-order valence-electron chi connectivity index (χ0n) is 17.3. The summed E-state index contributed by atoms with van der Waals surface area (Å²) in [4.78, 5) is 32.6. The lowest BCUT2D eigenvalue weighted by Crippen LogP contribution is -2.28. The molecule has 9 nitrogen and oxygen atoms in total. The lowest BCUT2D eigenvalue weighted by Gasteiger charge is -2.13. The van der Waals surface area contributed by atoms with Gasteiger partial charge in [-0.15, -0.1) is 0 Å². The number of benzene rings is 1. The molecule has 1 amide bonds. The number of hydrogen-bond donors (Lipinski definition) is 1. The minimum atomic E-state index is -0.608. The summed E-state index contributed by atoms with van der Waals surface area (Å²) in [7, 11) is 1.40. The normalized spacial score (nSPS) is 11.6. The summed E-state index contributed by atoms with van der Waals surface area (Å²) in [5.41, 5.74) is 2.90. The molecule has 0 fully saturated rings. The van der Waals surface area contributed by atoms with Crippen molar-refractivity contribution in [2.75, 3.05) is 7.11 Å². The first-order valence-corrected chi connectivity index (χ1v) is 9.23. The van der Waals surface area contributed by atoms with Crippen molar-refractivity contribution >= 4 is 11.9 Å². The van der Waals surface area contributed by atoms with Crippen LogP contribution in [0.2, 0.25) is 0 Å². The van der Waals surface area contributed by atoms with Crippen LogP contribution >= 0.6 is 0 Å². The number of nitrogens with zero attached hydrogens (tertiary/aromatic N) is 3. The number of aromatic nitrogens is 3. The van der Waals surface area contributed by atoms with E-state index in [1.54, 1.807) is 6.92 Å². The number of carbonyl (C=O) groups is 2. The van der Waals surface area contributed by atoms with Gasteiger partial charge in [-0.3, -0.25) is 9.59 Å². The van der Waals surface area contributed by atoms with E-state index >= 15 is 0 Å². The van der Waals surface area contributed by atoms with Crippen LogP contribution in [-0.4, -0.2) is 34.1 Å². The number of carbonyl (C=O) groups excluding carboxylic acids is 2. The van der Waals surface area contributed by atoms with Crippen molar-refractivity contribution in [3.8, 4) is 22.9 Å². The van der Waals surface area contributed by atoms with Gasteiger partial charge in [0.1, 0.15) is 6.04 Å². The standard InChI is InChI=1S/C21H22N4O5/c1-11-8-12(2)10-15(9-11)19-24-21(30-25-19)13(3)23-20(27)17-18(29-14(4)26)16(28-5)6-7-22-17/h6-10,13H,1-5H3,(H,23,27)/t13-/m0/s1. The van der Waals surface area contributed by atoms with E-state index in [0.29, 0.717) is 5.82 Å². The smallest absolute Gasteiger partial charge is 0.308 e. The van der Waals surface area contributed by atoms with Crippen molar-refractivity contribution in [1.29, 1.82) is 0 Å². The van der Waals surface area contributed by atoms with Gasteiger partial charge < -0.3 is 19.3 Å². The van der Waals surface area contributed by atoms with E-state index in [1.807, 2.05) is 26.0 Å². The number of rotatable bonds is 6. The molecule has 2 heterocycles. The van der Waals surface area contributed by atoms with Gasteiger partial charge in [-0.05, 0) is 32.9 Å². The summed E-state index contributed by atoms with van der Waals surface area (Å²) < 4.78 is 15.6. The molecule has 1 aromatic carbocycles. The number of hydrogen-bond acceptors (Lipinski definition) is 8. The van der Waals surface area contributed by atoms with Crippen LogP contribution in [0.25, 0.3) is 11.4 Å². The van der Waals surface area contributed by atoms with Gasteiger partial charge in [0.2, 0.25) is 17.5 Å². The second kappa shape index (κ2) is 8.73. The van der Waals surface area contributed by atoms with E-state index in [1.165, 1.54) is 26.3 Å². The van der Waals surface area contributed by atoms with E-state index in [-0.39, 0.29) is 23.1 Å². The average molecular weight is 410 g/mol. The summed E-state index contributed by atoms with van der Waals surface area (Å²) in [6.45, 7) is 6.90. The molecule has 1 atom stereocenters. The summed E-state index contributed by atoms with van der Waals surface area (Å²) in [6, 6.07) is 6.84. The molecule has 3 rings (SSSR count). The molecule has 0 aliphatic carbocycles. The highest BCUT2D eigenvalue weighted by molar-refractivity contribution is 5.96. The van der Waals surface area contributed by atoms with Crippen molar-refractivity contribution < 1.29 is 23.6 Å². The molecular formula is C21H22N4O5. The van der Waals surface area contributed by atoms with Crippen LogP contribution in [0.1, 0.15) is 47.4 Å². The molecule has 1 N–H and O–H groups in total. The second-order valence-corrected chi connectivity index (χ2v) is 6.81. The maximum Gasteiger partial charge on any atom is 0.308 e. The highest BCUT2D eigenvalue weighted by Crippen LogP contribution is 2.30. The average Bonchev–Trinajstić information content (AvgIpc) is 3.17. The number of amides is 1. The van der Waals surface area contributed by atoms with Gasteiger partial charge in [-0.25, -0.2) is 4.98 Å². The van der Waals surface area contributed by atoms with E-state index in [0.717, 1.165) is 16.7 Å². The number of ether oxygens (including phenoxy) is 2. The van der Waals surface area contributed by atoms with Crippen LogP contribution in [0.15, 0.2) is 35.0 Å². The Kier molecular flexibility index (Phi) is 6.10. The minimum absolute atomic E-state index is 0.0568. The Morgan fingerprint density at radius 2 is 1.87 bits per heavy atom.